The number of carbonyl (C=O) groups excluding carboxylic acids is 1. The molecule has 0 spiro atoms. The number of phenols is 1. The van der Waals surface area contributed by atoms with E-state index in [0.29, 0.717) is 12.1 Å². The maximum Gasteiger partial charge on any atom is 0.258 e. The number of aromatic hydroxyl groups is 1. The number of para-hydroxylation sites is 1. The minimum atomic E-state index is -0.315. The van der Waals surface area contributed by atoms with Crippen molar-refractivity contribution in [1.29, 1.82) is 5.26 Å². The van der Waals surface area contributed by atoms with Gasteiger partial charge >= 0.3 is 0 Å². The third-order valence-electron chi connectivity index (χ3n) is 2.40. The third-order valence-corrected chi connectivity index (χ3v) is 2.40. The summed E-state index contributed by atoms with van der Waals surface area (Å²) in [6, 6.07) is 6.93. The highest BCUT2D eigenvalue weighted by molar-refractivity contribution is 5.97. The second-order valence-corrected chi connectivity index (χ2v) is 3.45. The summed E-state index contributed by atoms with van der Waals surface area (Å²) in [5, 5.41) is 18.3. The Bertz CT molecular complexity index is 435. The van der Waals surface area contributed by atoms with Crippen LogP contribution in [0.25, 0.3) is 0 Å². The Morgan fingerprint density at radius 2 is 2.25 bits per heavy atom. The van der Waals surface area contributed by atoms with E-state index < -0.39 is 0 Å². The number of hydrogen-bond acceptors (Lipinski definition) is 3. The Morgan fingerprint density at radius 3 is 2.81 bits per heavy atom. The van der Waals surface area contributed by atoms with Crippen molar-refractivity contribution < 1.29 is 9.90 Å². The lowest BCUT2D eigenvalue weighted by atomic mass is 10.1. The third kappa shape index (κ3) is 2.31. The topological polar surface area (TPSA) is 64.3 Å². The second-order valence-electron chi connectivity index (χ2n) is 3.45. The van der Waals surface area contributed by atoms with Crippen LogP contribution in [-0.2, 0) is 0 Å². The summed E-state index contributed by atoms with van der Waals surface area (Å²) in [4.78, 5) is 13.3. The van der Waals surface area contributed by atoms with Crippen molar-refractivity contribution in [2.75, 3.05) is 13.1 Å². The van der Waals surface area contributed by atoms with Crippen LogP contribution in [0.2, 0.25) is 0 Å². The molecule has 0 saturated carbocycles. The summed E-state index contributed by atoms with van der Waals surface area (Å²) in [6.45, 7) is 4.00. The Morgan fingerprint density at radius 1 is 1.56 bits per heavy atom. The fourth-order valence-electron chi connectivity index (χ4n) is 1.41. The second kappa shape index (κ2) is 5.17. The zero-order chi connectivity index (χ0) is 12.1. The van der Waals surface area contributed by atoms with Crippen molar-refractivity contribution in [1.82, 2.24) is 4.90 Å². The predicted octanol–water partition coefficient (Wildman–Crippen LogP) is 1.69. The molecule has 1 aromatic rings. The van der Waals surface area contributed by atoms with E-state index in [1.807, 2.05) is 6.07 Å². The molecule has 0 atom stereocenters. The van der Waals surface area contributed by atoms with Crippen LogP contribution in [0.15, 0.2) is 18.2 Å². The van der Waals surface area contributed by atoms with Gasteiger partial charge in [0.1, 0.15) is 12.3 Å². The van der Waals surface area contributed by atoms with E-state index >= 15 is 0 Å². The molecule has 0 bridgehead atoms. The van der Waals surface area contributed by atoms with Crippen LogP contribution < -0.4 is 0 Å². The minimum absolute atomic E-state index is 0.0103. The molecule has 0 fully saturated rings. The van der Waals surface area contributed by atoms with Gasteiger partial charge in [-0.1, -0.05) is 12.1 Å². The summed E-state index contributed by atoms with van der Waals surface area (Å²) in [5.74, 6) is -0.325. The van der Waals surface area contributed by atoms with E-state index in [1.165, 1.54) is 4.90 Å². The molecule has 84 valence electrons. The molecule has 0 aliphatic carbocycles. The number of amides is 1. The first-order valence-electron chi connectivity index (χ1n) is 5.06. The average Bonchev–Trinajstić information content (AvgIpc) is 2.29. The highest BCUT2D eigenvalue weighted by Crippen LogP contribution is 2.22. The van der Waals surface area contributed by atoms with Crippen LogP contribution in [0.1, 0.15) is 22.8 Å². The Labute approximate surface area is 94.7 Å². The monoisotopic (exact) mass is 218 g/mol. The molecule has 1 rings (SSSR count). The van der Waals surface area contributed by atoms with Gasteiger partial charge in [0.25, 0.3) is 5.91 Å². The Hall–Kier alpha value is -2.02. The van der Waals surface area contributed by atoms with E-state index in [0.717, 1.165) is 0 Å². The zero-order valence-electron chi connectivity index (χ0n) is 9.40. The number of carbonyl (C=O) groups is 1. The van der Waals surface area contributed by atoms with Crippen molar-refractivity contribution in [3.8, 4) is 11.8 Å². The van der Waals surface area contributed by atoms with E-state index in [2.05, 4.69) is 0 Å². The predicted molar refractivity (Wildman–Crippen MR) is 60.0 cm³/mol. The van der Waals surface area contributed by atoms with Gasteiger partial charge in [-0.3, -0.25) is 4.79 Å². The summed E-state index contributed by atoms with van der Waals surface area (Å²) in [5.41, 5.74) is 0.899. The Balaban J connectivity index is 3.05. The molecule has 1 N–H and O–H groups in total. The molecule has 0 aliphatic rings. The lowest BCUT2D eigenvalue weighted by molar-refractivity contribution is 0.0781. The molecule has 1 aromatic carbocycles. The van der Waals surface area contributed by atoms with Gasteiger partial charge < -0.3 is 10.0 Å². The van der Waals surface area contributed by atoms with Crippen LogP contribution in [0.5, 0.6) is 5.75 Å². The van der Waals surface area contributed by atoms with Crippen molar-refractivity contribution in [3.63, 3.8) is 0 Å². The number of nitrogens with zero attached hydrogens (tertiary/aromatic N) is 2. The lowest BCUT2D eigenvalue weighted by Crippen LogP contribution is -2.31. The van der Waals surface area contributed by atoms with Crippen molar-refractivity contribution >= 4 is 5.91 Å². The molecule has 0 saturated heterocycles. The first kappa shape index (κ1) is 12.1. The fraction of sp³-hybridized carbons (Fsp3) is 0.333. The Kier molecular flexibility index (Phi) is 3.90. The normalized spacial score (nSPS) is 9.56. The number of benzene rings is 1. The zero-order valence-corrected chi connectivity index (χ0v) is 9.40. The minimum Gasteiger partial charge on any atom is -0.507 e. The number of phenolic OH excluding ortho intramolecular Hbond substituents is 1. The summed E-state index contributed by atoms with van der Waals surface area (Å²) in [7, 11) is 0. The van der Waals surface area contributed by atoms with Gasteiger partial charge in [-0.05, 0) is 25.5 Å². The van der Waals surface area contributed by atoms with Gasteiger partial charge in [0.15, 0.2) is 0 Å². The molecule has 0 radical (unpaired) electrons. The smallest absolute Gasteiger partial charge is 0.258 e. The van der Waals surface area contributed by atoms with Gasteiger partial charge in [0.2, 0.25) is 0 Å². The van der Waals surface area contributed by atoms with Gasteiger partial charge in [0, 0.05) is 6.54 Å². The highest BCUT2D eigenvalue weighted by Gasteiger charge is 2.17. The number of rotatable bonds is 3. The quantitative estimate of drug-likeness (QED) is 0.785. The van der Waals surface area contributed by atoms with Crippen molar-refractivity contribution in [2.45, 2.75) is 13.8 Å². The molecule has 0 aliphatic heterocycles. The van der Waals surface area contributed by atoms with Crippen molar-refractivity contribution in [2.24, 2.45) is 0 Å². The van der Waals surface area contributed by atoms with E-state index in [4.69, 9.17) is 5.26 Å². The number of hydrogen-bond donors (Lipinski definition) is 1. The number of nitriles is 1. The van der Waals surface area contributed by atoms with Crippen molar-refractivity contribution in [3.05, 3.63) is 29.3 Å². The molecule has 0 heterocycles. The number of aryl methyl sites for hydroxylation is 1. The first-order chi connectivity index (χ1) is 7.61. The highest BCUT2D eigenvalue weighted by atomic mass is 16.3. The molecule has 1 amide bonds. The van der Waals surface area contributed by atoms with Gasteiger partial charge in [0.05, 0.1) is 11.6 Å². The van der Waals surface area contributed by atoms with E-state index in [1.54, 1.807) is 32.0 Å². The average molecular weight is 218 g/mol. The standard InChI is InChI=1S/C12H14N2O2/c1-3-14(8-7-13)12(16)10-6-4-5-9(2)11(10)15/h4-6,15H,3,8H2,1-2H3. The lowest BCUT2D eigenvalue weighted by Gasteiger charge is -2.18. The molecular formula is C12H14N2O2. The van der Waals surface area contributed by atoms with Gasteiger partial charge in [-0.25, -0.2) is 0 Å². The molecule has 16 heavy (non-hydrogen) atoms. The summed E-state index contributed by atoms with van der Waals surface area (Å²) >= 11 is 0. The van der Waals surface area contributed by atoms with E-state index in [9.17, 15) is 9.90 Å². The maximum absolute atomic E-state index is 12.0. The fourth-order valence-corrected chi connectivity index (χ4v) is 1.41. The molecule has 4 heteroatoms. The van der Waals surface area contributed by atoms with Gasteiger partial charge in [-0.2, -0.15) is 5.26 Å². The van der Waals surface area contributed by atoms with E-state index in [-0.39, 0.29) is 23.8 Å². The molecule has 4 nitrogen and oxygen atoms in total. The summed E-state index contributed by atoms with van der Waals surface area (Å²) < 4.78 is 0. The van der Waals surface area contributed by atoms with Crippen LogP contribution in [0, 0.1) is 18.3 Å². The molecule has 0 aromatic heterocycles. The SMILES string of the molecule is CCN(CC#N)C(=O)c1cccc(C)c1O. The summed E-state index contributed by atoms with van der Waals surface area (Å²) in [6.07, 6.45) is 0. The largest absolute Gasteiger partial charge is 0.507 e. The first-order valence-corrected chi connectivity index (χ1v) is 5.06. The molecule has 0 unspecified atom stereocenters. The van der Waals surface area contributed by atoms with Gasteiger partial charge in [-0.15, -0.1) is 0 Å². The van der Waals surface area contributed by atoms with Crippen LogP contribution >= 0.6 is 0 Å². The van der Waals surface area contributed by atoms with Crippen LogP contribution in [-0.4, -0.2) is 29.0 Å². The molecular weight excluding hydrogens is 204 g/mol. The van der Waals surface area contributed by atoms with Crippen LogP contribution in [0.3, 0.4) is 0 Å². The maximum atomic E-state index is 12.0. The van der Waals surface area contributed by atoms with Crippen LogP contribution in [0.4, 0.5) is 0 Å².